The third-order valence-corrected chi connectivity index (χ3v) is 4.11. The Morgan fingerprint density at radius 1 is 1.00 bits per heavy atom. The second-order valence-corrected chi connectivity index (χ2v) is 6.58. The van der Waals surface area contributed by atoms with Crippen LogP contribution in [0.15, 0.2) is 30.3 Å². The minimum absolute atomic E-state index is 0.224. The molecule has 0 radical (unpaired) electrons. The second kappa shape index (κ2) is 12.9. The van der Waals surface area contributed by atoms with Crippen LogP contribution in [0.1, 0.15) is 45.1 Å². The molecule has 5 N–H and O–H groups in total. The van der Waals surface area contributed by atoms with E-state index in [9.17, 15) is 14.4 Å². The maximum Gasteiger partial charge on any atom is 0.243 e. The van der Waals surface area contributed by atoms with Crippen molar-refractivity contribution in [1.29, 1.82) is 0 Å². The van der Waals surface area contributed by atoms with Gasteiger partial charge in [-0.15, -0.1) is 0 Å². The SMILES string of the molecule is CCCNC(=O)C(Cc1ccccc1)NC(=O)C(CCCCN)NC(C)=O. The van der Waals surface area contributed by atoms with Crippen molar-refractivity contribution in [2.75, 3.05) is 13.1 Å². The van der Waals surface area contributed by atoms with Crippen LogP contribution >= 0.6 is 0 Å². The summed E-state index contributed by atoms with van der Waals surface area (Å²) < 4.78 is 0. The molecule has 0 aromatic heterocycles. The summed E-state index contributed by atoms with van der Waals surface area (Å²) in [5.74, 6) is -0.856. The molecule has 0 heterocycles. The number of carbonyl (C=O) groups excluding carboxylic acids is 3. The molecule has 0 aliphatic carbocycles. The van der Waals surface area contributed by atoms with Crippen LogP contribution < -0.4 is 21.7 Å². The Balaban J connectivity index is 2.83. The summed E-state index contributed by atoms with van der Waals surface area (Å²) >= 11 is 0. The van der Waals surface area contributed by atoms with Crippen molar-refractivity contribution in [1.82, 2.24) is 16.0 Å². The Hall–Kier alpha value is -2.41. The van der Waals surface area contributed by atoms with Crippen LogP contribution in [-0.2, 0) is 20.8 Å². The maximum absolute atomic E-state index is 12.7. The number of unbranched alkanes of at least 4 members (excludes halogenated alkanes) is 1. The molecule has 150 valence electrons. The van der Waals surface area contributed by atoms with Crippen LogP contribution in [0.25, 0.3) is 0 Å². The lowest BCUT2D eigenvalue weighted by Crippen LogP contribution is -2.54. The molecule has 0 aliphatic rings. The first-order chi connectivity index (χ1) is 13.0. The summed E-state index contributed by atoms with van der Waals surface area (Å²) in [4.78, 5) is 36.7. The average molecular weight is 377 g/mol. The first-order valence-electron chi connectivity index (χ1n) is 9.57. The number of carbonyl (C=O) groups is 3. The molecule has 1 rings (SSSR count). The van der Waals surface area contributed by atoms with Gasteiger partial charge in [-0.05, 0) is 37.8 Å². The van der Waals surface area contributed by atoms with Gasteiger partial charge in [-0.3, -0.25) is 14.4 Å². The molecule has 27 heavy (non-hydrogen) atoms. The molecule has 2 unspecified atom stereocenters. The zero-order valence-electron chi connectivity index (χ0n) is 16.3. The van der Waals surface area contributed by atoms with Gasteiger partial charge in [-0.1, -0.05) is 37.3 Å². The Morgan fingerprint density at radius 2 is 1.70 bits per heavy atom. The van der Waals surface area contributed by atoms with E-state index in [1.165, 1.54) is 6.92 Å². The van der Waals surface area contributed by atoms with Crippen LogP contribution in [0.5, 0.6) is 0 Å². The summed E-state index contributed by atoms with van der Waals surface area (Å²) in [7, 11) is 0. The number of hydrogen-bond acceptors (Lipinski definition) is 4. The van der Waals surface area contributed by atoms with Crippen LogP contribution in [-0.4, -0.2) is 42.9 Å². The number of amides is 3. The van der Waals surface area contributed by atoms with Gasteiger partial charge in [0.15, 0.2) is 0 Å². The van der Waals surface area contributed by atoms with Crippen molar-refractivity contribution in [3.05, 3.63) is 35.9 Å². The van der Waals surface area contributed by atoms with Gasteiger partial charge in [0.1, 0.15) is 12.1 Å². The summed E-state index contributed by atoms with van der Waals surface area (Å²) in [6.07, 6.45) is 3.17. The molecule has 3 amide bonds. The largest absolute Gasteiger partial charge is 0.354 e. The summed E-state index contributed by atoms with van der Waals surface area (Å²) in [5.41, 5.74) is 6.46. The quantitative estimate of drug-likeness (QED) is 0.405. The van der Waals surface area contributed by atoms with E-state index in [4.69, 9.17) is 5.73 Å². The highest BCUT2D eigenvalue weighted by Gasteiger charge is 2.26. The van der Waals surface area contributed by atoms with Gasteiger partial charge in [0.25, 0.3) is 0 Å². The normalized spacial score (nSPS) is 12.7. The monoisotopic (exact) mass is 376 g/mol. The fourth-order valence-corrected chi connectivity index (χ4v) is 2.71. The Morgan fingerprint density at radius 3 is 2.30 bits per heavy atom. The molecule has 0 saturated heterocycles. The van der Waals surface area contributed by atoms with E-state index >= 15 is 0 Å². The minimum atomic E-state index is -0.697. The third kappa shape index (κ3) is 9.19. The number of hydrogen-bond donors (Lipinski definition) is 4. The lowest BCUT2D eigenvalue weighted by molar-refractivity contribution is -0.131. The van der Waals surface area contributed by atoms with E-state index in [1.54, 1.807) is 0 Å². The zero-order chi connectivity index (χ0) is 20.1. The van der Waals surface area contributed by atoms with E-state index in [2.05, 4.69) is 16.0 Å². The Kier molecular flexibility index (Phi) is 10.8. The molecule has 1 aromatic rings. The van der Waals surface area contributed by atoms with E-state index in [0.717, 1.165) is 24.8 Å². The molecule has 0 spiro atoms. The molecule has 1 aromatic carbocycles. The number of benzene rings is 1. The lowest BCUT2D eigenvalue weighted by Gasteiger charge is -2.23. The molecule has 7 nitrogen and oxygen atoms in total. The summed E-state index contributed by atoms with van der Waals surface area (Å²) in [6.45, 7) is 4.42. The first-order valence-corrected chi connectivity index (χ1v) is 9.57. The van der Waals surface area contributed by atoms with Gasteiger partial charge in [0.2, 0.25) is 17.7 Å². The number of nitrogens with one attached hydrogen (secondary N) is 3. The van der Waals surface area contributed by atoms with E-state index in [-0.39, 0.29) is 17.7 Å². The Bertz CT molecular complexity index is 592. The first kappa shape index (κ1) is 22.6. The van der Waals surface area contributed by atoms with Crippen molar-refractivity contribution in [2.45, 2.75) is 58.0 Å². The fourth-order valence-electron chi connectivity index (χ4n) is 2.71. The maximum atomic E-state index is 12.7. The molecule has 0 fully saturated rings. The van der Waals surface area contributed by atoms with Crippen LogP contribution in [0.3, 0.4) is 0 Å². The smallest absolute Gasteiger partial charge is 0.243 e. The minimum Gasteiger partial charge on any atom is -0.354 e. The Labute approximate surface area is 161 Å². The van der Waals surface area contributed by atoms with Gasteiger partial charge in [-0.25, -0.2) is 0 Å². The predicted molar refractivity (Wildman–Crippen MR) is 106 cm³/mol. The number of nitrogens with two attached hydrogens (primary N) is 1. The lowest BCUT2D eigenvalue weighted by atomic mass is 10.0. The van der Waals surface area contributed by atoms with Crippen LogP contribution in [0.4, 0.5) is 0 Å². The standard InChI is InChI=1S/C20H32N4O3/c1-3-13-22-19(26)18(14-16-9-5-4-6-10-16)24-20(27)17(23-15(2)25)11-7-8-12-21/h4-6,9-10,17-18H,3,7-8,11-14,21H2,1-2H3,(H,22,26)(H,23,25)(H,24,27). The van der Waals surface area contributed by atoms with Crippen molar-refractivity contribution in [3.63, 3.8) is 0 Å². The van der Waals surface area contributed by atoms with Gasteiger partial charge in [0.05, 0.1) is 0 Å². The van der Waals surface area contributed by atoms with E-state index in [1.807, 2.05) is 37.3 Å². The topological polar surface area (TPSA) is 113 Å². The predicted octanol–water partition coefficient (Wildman–Crippen LogP) is 0.874. The fraction of sp³-hybridized carbons (Fsp3) is 0.550. The van der Waals surface area contributed by atoms with Gasteiger partial charge < -0.3 is 21.7 Å². The molecule has 0 aliphatic heterocycles. The van der Waals surface area contributed by atoms with Crippen molar-refractivity contribution >= 4 is 17.7 Å². The summed E-state index contributed by atoms with van der Waals surface area (Å²) in [6, 6.07) is 8.15. The molecule has 7 heteroatoms. The molecule has 0 saturated carbocycles. The van der Waals surface area contributed by atoms with Crippen LogP contribution in [0, 0.1) is 0 Å². The highest BCUT2D eigenvalue weighted by atomic mass is 16.2. The molecule has 0 bridgehead atoms. The molecular formula is C20H32N4O3. The third-order valence-electron chi connectivity index (χ3n) is 4.11. The second-order valence-electron chi connectivity index (χ2n) is 6.58. The van der Waals surface area contributed by atoms with Gasteiger partial charge >= 0.3 is 0 Å². The highest BCUT2D eigenvalue weighted by Crippen LogP contribution is 2.06. The molecule has 2 atom stereocenters. The van der Waals surface area contributed by atoms with Crippen molar-refractivity contribution < 1.29 is 14.4 Å². The van der Waals surface area contributed by atoms with Gasteiger partial charge in [-0.2, -0.15) is 0 Å². The van der Waals surface area contributed by atoms with Gasteiger partial charge in [0, 0.05) is 19.9 Å². The summed E-state index contributed by atoms with van der Waals surface area (Å²) in [5, 5.41) is 8.31. The highest BCUT2D eigenvalue weighted by molar-refractivity contribution is 5.91. The van der Waals surface area contributed by atoms with Crippen molar-refractivity contribution in [2.24, 2.45) is 5.73 Å². The van der Waals surface area contributed by atoms with E-state index in [0.29, 0.717) is 25.9 Å². The average Bonchev–Trinajstić information content (AvgIpc) is 2.65. The van der Waals surface area contributed by atoms with Crippen molar-refractivity contribution in [3.8, 4) is 0 Å². The van der Waals surface area contributed by atoms with E-state index < -0.39 is 12.1 Å². The molecular weight excluding hydrogens is 344 g/mol. The number of rotatable bonds is 12. The zero-order valence-corrected chi connectivity index (χ0v) is 16.3. The van der Waals surface area contributed by atoms with Crippen LogP contribution in [0.2, 0.25) is 0 Å².